The van der Waals surface area contributed by atoms with Gasteiger partial charge in [0.2, 0.25) is 5.88 Å². The molecule has 0 aromatic carbocycles. The summed E-state index contributed by atoms with van der Waals surface area (Å²) in [5.41, 5.74) is -0.896. The fourth-order valence-corrected chi connectivity index (χ4v) is 2.32. The molecular weight excluding hydrogens is 258 g/mol. The first kappa shape index (κ1) is 16.5. The third-order valence-electron chi connectivity index (χ3n) is 3.77. The van der Waals surface area contributed by atoms with Gasteiger partial charge in [-0.1, -0.05) is 13.8 Å². The third-order valence-corrected chi connectivity index (χ3v) is 3.77. The van der Waals surface area contributed by atoms with Crippen molar-refractivity contribution in [3.63, 3.8) is 0 Å². The molecule has 0 fully saturated rings. The molecule has 6 heteroatoms. The Labute approximate surface area is 119 Å². The van der Waals surface area contributed by atoms with Crippen molar-refractivity contribution < 1.29 is 5.11 Å². The van der Waals surface area contributed by atoms with Crippen LogP contribution in [0.1, 0.15) is 45.2 Å². The number of rotatable bonds is 7. The highest BCUT2D eigenvalue weighted by atomic mass is 16.3. The van der Waals surface area contributed by atoms with Gasteiger partial charge in [-0.2, -0.15) is 0 Å². The maximum Gasteiger partial charge on any atom is 0.331 e. The van der Waals surface area contributed by atoms with Crippen LogP contribution in [0, 0.1) is 6.92 Å². The second kappa shape index (κ2) is 7.28. The number of aromatic hydroxyl groups is 1. The first-order chi connectivity index (χ1) is 9.42. The van der Waals surface area contributed by atoms with Gasteiger partial charge in [-0.3, -0.25) is 14.3 Å². The van der Waals surface area contributed by atoms with E-state index in [1.807, 2.05) is 6.92 Å². The van der Waals surface area contributed by atoms with Gasteiger partial charge in [0.1, 0.15) is 0 Å². The van der Waals surface area contributed by atoms with Crippen molar-refractivity contribution in [3.05, 3.63) is 26.4 Å². The van der Waals surface area contributed by atoms with Crippen LogP contribution >= 0.6 is 0 Å². The largest absolute Gasteiger partial charge is 0.494 e. The maximum absolute atomic E-state index is 11.8. The van der Waals surface area contributed by atoms with Crippen LogP contribution in [0.2, 0.25) is 0 Å². The van der Waals surface area contributed by atoms with Crippen LogP contribution in [-0.4, -0.2) is 39.2 Å². The number of hydrogen-bond donors (Lipinski definition) is 2. The molecule has 0 aliphatic rings. The van der Waals surface area contributed by atoms with E-state index in [2.05, 4.69) is 23.7 Å². The molecule has 1 unspecified atom stereocenters. The Kier molecular flexibility index (Phi) is 6.01. The fraction of sp³-hybridized carbons (Fsp3) is 0.714. The Bertz CT molecular complexity index is 544. The second-order valence-electron chi connectivity index (χ2n) is 5.10. The zero-order chi connectivity index (χ0) is 15.3. The fourth-order valence-electron chi connectivity index (χ4n) is 2.32. The minimum atomic E-state index is -0.548. The van der Waals surface area contributed by atoms with Gasteiger partial charge < -0.3 is 10.0 Å². The summed E-state index contributed by atoms with van der Waals surface area (Å²) >= 11 is 0. The van der Waals surface area contributed by atoms with E-state index in [4.69, 9.17) is 0 Å². The molecule has 0 spiro atoms. The van der Waals surface area contributed by atoms with Crippen molar-refractivity contribution in [1.82, 2.24) is 14.5 Å². The average Bonchev–Trinajstić information content (AvgIpc) is 2.41. The number of H-pyrrole nitrogens is 1. The normalized spacial score (nSPS) is 12.8. The Morgan fingerprint density at radius 3 is 2.45 bits per heavy atom. The van der Waals surface area contributed by atoms with E-state index in [9.17, 15) is 14.7 Å². The standard InChI is InChI=1S/C14H25N3O3/c1-5-16(6-2)9-7-8-10(3)17-13(19)11(4)12(18)15-14(17)20/h10,19H,5-9H2,1-4H3,(H,15,18,20). The summed E-state index contributed by atoms with van der Waals surface area (Å²) < 4.78 is 1.26. The first-order valence-corrected chi connectivity index (χ1v) is 7.19. The number of aromatic amines is 1. The van der Waals surface area contributed by atoms with Crippen LogP contribution in [0.15, 0.2) is 9.59 Å². The number of aromatic nitrogens is 2. The molecular formula is C14H25N3O3. The Morgan fingerprint density at radius 1 is 1.30 bits per heavy atom. The van der Waals surface area contributed by atoms with E-state index in [1.54, 1.807) is 0 Å². The van der Waals surface area contributed by atoms with E-state index in [-0.39, 0.29) is 17.5 Å². The molecule has 1 aromatic rings. The van der Waals surface area contributed by atoms with Gasteiger partial charge in [0.25, 0.3) is 5.56 Å². The molecule has 6 nitrogen and oxygen atoms in total. The van der Waals surface area contributed by atoms with Gasteiger partial charge in [0, 0.05) is 6.04 Å². The Hall–Kier alpha value is -1.56. The van der Waals surface area contributed by atoms with Crippen molar-refractivity contribution in [1.29, 1.82) is 0 Å². The maximum atomic E-state index is 11.8. The van der Waals surface area contributed by atoms with Crippen molar-refractivity contribution in [3.8, 4) is 5.88 Å². The minimum absolute atomic E-state index is 0.145. The van der Waals surface area contributed by atoms with Gasteiger partial charge in [-0.15, -0.1) is 0 Å². The van der Waals surface area contributed by atoms with Gasteiger partial charge in [0.15, 0.2) is 0 Å². The molecule has 20 heavy (non-hydrogen) atoms. The zero-order valence-corrected chi connectivity index (χ0v) is 12.8. The molecule has 1 heterocycles. The molecule has 0 radical (unpaired) electrons. The average molecular weight is 283 g/mol. The van der Waals surface area contributed by atoms with E-state index < -0.39 is 11.2 Å². The molecule has 0 bridgehead atoms. The molecule has 0 aliphatic heterocycles. The monoisotopic (exact) mass is 283 g/mol. The van der Waals surface area contributed by atoms with Crippen molar-refractivity contribution in [2.75, 3.05) is 19.6 Å². The van der Waals surface area contributed by atoms with Crippen LogP contribution in [0.5, 0.6) is 5.88 Å². The molecule has 1 atom stereocenters. The second-order valence-corrected chi connectivity index (χ2v) is 5.10. The summed E-state index contributed by atoms with van der Waals surface area (Å²) in [5, 5.41) is 9.96. The lowest BCUT2D eigenvalue weighted by molar-refractivity contribution is 0.282. The van der Waals surface area contributed by atoms with E-state index >= 15 is 0 Å². The van der Waals surface area contributed by atoms with Crippen molar-refractivity contribution in [2.45, 2.75) is 46.6 Å². The highest BCUT2D eigenvalue weighted by Crippen LogP contribution is 2.18. The molecule has 1 rings (SSSR count). The zero-order valence-electron chi connectivity index (χ0n) is 12.8. The van der Waals surface area contributed by atoms with Crippen LogP contribution in [0.3, 0.4) is 0 Å². The third kappa shape index (κ3) is 3.72. The van der Waals surface area contributed by atoms with Crippen LogP contribution in [-0.2, 0) is 0 Å². The summed E-state index contributed by atoms with van der Waals surface area (Å²) in [6.45, 7) is 10.6. The van der Waals surface area contributed by atoms with Crippen molar-refractivity contribution in [2.24, 2.45) is 0 Å². The topological polar surface area (TPSA) is 78.3 Å². The van der Waals surface area contributed by atoms with Gasteiger partial charge >= 0.3 is 5.69 Å². The summed E-state index contributed by atoms with van der Waals surface area (Å²) in [4.78, 5) is 27.7. The Balaban J connectivity index is 2.79. The quantitative estimate of drug-likeness (QED) is 0.789. The van der Waals surface area contributed by atoms with E-state index in [0.717, 1.165) is 32.5 Å². The SMILES string of the molecule is CCN(CC)CCCC(C)n1c(O)c(C)c(=O)[nH]c1=O. The molecule has 0 aliphatic carbocycles. The summed E-state index contributed by atoms with van der Waals surface area (Å²) in [5.74, 6) is -0.228. The van der Waals surface area contributed by atoms with Gasteiger partial charge in [0.05, 0.1) is 5.56 Å². The number of nitrogens with one attached hydrogen (secondary N) is 1. The molecule has 0 amide bonds. The minimum Gasteiger partial charge on any atom is -0.494 e. The molecule has 0 saturated heterocycles. The highest BCUT2D eigenvalue weighted by molar-refractivity contribution is 5.20. The first-order valence-electron chi connectivity index (χ1n) is 7.19. The van der Waals surface area contributed by atoms with Gasteiger partial charge in [-0.05, 0) is 46.3 Å². The lowest BCUT2D eigenvalue weighted by atomic mass is 10.1. The van der Waals surface area contributed by atoms with Crippen LogP contribution in [0.4, 0.5) is 0 Å². The highest BCUT2D eigenvalue weighted by Gasteiger charge is 2.15. The predicted octanol–water partition coefficient (Wildman–Crippen LogP) is 1.23. The smallest absolute Gasteiger partial charge is 0.331 e. The van der Waals surface area contributed by atoms with E-state index in [0.29, 0.717) is 0 Å². The molecule has 0 saturated carbocycles. The predicted molar refractivity (Wildman–Crippen MR) is 79.5 cm³/mol. The van der Waals surface area contributed by atoms with Gasteiger partial charge in [-0.25, -0.2) is 4.79 Å². The summed E-state index contributed by atoms with van der Waals surface area (Å²) in [6, 6.07) is -0.145. The molecule has 2 N–H and O–H groups in total. The molecule has 1 aromatic heterocycles. The van der Waals surface area contributed by atoms with E-state index in [1.165, 1.54) is 11.5 Å². The summed E-state index contributed by atoms with van der Waals surface area (Å²) in [7, 11) is 0. The number of hydrogen-bond acceptors (Lipinski definition) is 4. The van der Waals surface area contributed by atoms with Crippen molar-refractivity contribution >= 4 is 0 Å². The molecule has 114 valence electrons. The summed E-state index contributed by atoms with van der Waals surface area (Å²) in [6.07, 6.45) is 1.71. The number of nitrogens with zero attached hydrogens (tertiary/aromatic N) is 2. The Morgan fingerprint density at radius 2 is 1.90 bits per heavy atom. The lowest BCUT2D eigenvalue weighted by Gasteiger charge is -2.21. The van der Waals surface area contributed by atoms with Crippen LogP contribution < -0.4 is 11.2 Å². The lowest BCUT2D eigenvalue weighted by Crippen LogP contribution is -2.33. The van der Waals surface area contributed by atoms with Crippen LogP contribution in [0.25, 0.3) is 0 Å².